The number of hydrogen-bond acceptors (Lipinski definition) is 4. The maximum Gasteiger partial charge on any atom is 0.243 e. The number of rotatable bonds is 6. The van der Waals surface area contributed by atoms with Crippen molar-refractivity contribution in [2.75, 3.05) is 31.4 Å². The quantitative estimate of drug-likeness (QED) is 0.797. The molecule has 0 aromatic heterocycles. The van der Waals surface area contributed by atoms with Gasteiger partial charge in [-0.2, -0.15) is 0 Å². The summed E-state index contributed by atoms with van der Waals surface area (Å²) in [6.45, 7) is -0.108. The standard InChI is InChI=1S/C16H15Cl2FN2O3/c1-23-14-7-13(15(24-2)6-10(14)18)20-8-16(22)21-12-4-3-9(17)5-11(12)19/h3-7,20H,8H2,1-2H3,(H,21,22). The molecule has 0 aliphatic carbocycles. The molecule has 0 bridgehead atoms. The average Bonchev–Trinajstić information content (AvgIpc) is 2.55. The fraction of sp³-hybridized carbons (Fsp3) is 0.188. The van der Waals surface area contributed by atoms with Crippen molar-refractivity contribution in [1.29, 1.82) is 0 Å². The highest BCUT2D eigenvalue weighted by molar-refractivity contribution is 6.32. The van der Waals surface area contributed by atoms with Gasteiger partial charge in [0.25, 0.3) is 0 Å². The van der Waals surface area contributed by atoms with Crippen LogP contribution in [0, 0.1) is 5.82 Å². The van der Waals surface area contributed by atoms with E-state index in [4.69, 9.17) is 32.7 Å². The first-order chi connectivity index (χ1) is 11.4. The summed E-state index contributed by atoms with van der Waals surface area (Å²) >= 11 is 11.7. The zero-order chi connectivity index (χ0) is 17.7. The third-order valence-electron chi connectivity index (χ3n) is 3.12. The Morgan fingerprint density at radius 2 is 1.79 bits per heavy atom. The summed E-state index contributed by atoms with van der Waals surface area (Å²) in [4.78, 5) is 12.0. The molecule has 2 aromatic rings. The minimum atomic E-state index is -0.610. The molecular weight excluding hydrogens is 358 g/mol. The number of carbonyl (C=O) groups is 1. The monoisotopic (exact) mass is 372 g/mol. The highest BCUT2D eigenvalue weighted by atomic mass is 35.5. The zero-order valence-corrected chi connectivity index (χ0v) is 14.5. The van der Waals surface area contributed by atoms with Gasteiger partial charge in [-0.15, -0.1) is 0 Å². The van der Waals surface area contributed by atoms with Crippen LogP contribution < -0.4 is 20.1 Å². The lowest BCUT2D eigenvalue weighted by molar-refractivity contribution is -0.114. The van der Waals surface area contributed by atoms with Crippen LogP contribution in [0.4, 0.5) is 15.8 Å². The Balaban J connectivity index is 2.06. The summed E-state index contributed by atoms with van der Waals surface area (Å²) in [5, 5.41) is 5.98. The van der Waals surface area contributed by atoms with Gasteiger partial charge < -0.3 is 20.1 Å². The number of anilines is 2. The van der Waals surface area contributed by atoms with E-state index >= 15 is 0 Å². The first-order valence-corrected chi connectivity index (χ1v) is 7.60. The third-order valence-corrected chi connectivity index (χ3v) is 3.65. The summed E-state index contributed by atoms with van der Waals surface area (Å²) in [7, 11) is 2.96. The molecule has 8 heteroatoms. The van der Waals surface area contributed by atoms with Crippen molar-refractivity contribution in [3.8, 4) is 11.5 Å². The second-order valence-corrected chi connectivity index (χ2v) is 5.56. The van der Waals surface area contributed by atoms with Crippen LogP contribution in [0.3, 0.4) is 0 Å². The Morgan fingerprint density at radius 3 is 2.42 bits per heavy atom. The molecule has 0 atom stereocenters. The van der Waals surface area contributed by atoms with E-state index in [2.05, 4.69) is 10.6 Å². The fourth-order valence-corrected chi connectivity index (χ4v) is 2.35. The van der Waals surface area contributed by atoms with E-state index in [0.717, 1.165) is 6.07 Å². The molecule has 0 saturated carbocycles. The molecule has 0 aliphatic heterocycles. The molecule has 0 saturated heterocycles. The van der Waals surface area contributed by atoms with Gasteiger partial charge in [-0.25, -0.2) is 4.39 Å². The van der Waals surface area contributed by atoms with Crippen LogP contribution in [-0.2, 0) is 4.79 Å². The van der Waals surface area contributed by atoms with Gasteiger partial charge in [0.1, 0.15) is 17.3 Å². The van der Waals surface area contributed by atoms with E-state index in [1.54, 1.807) is 12.1 Å². The molecule has 5 nitrogen and oxygen atoms in total. The largest absolute Gasteiger partial charge is 0.495 e. The van der Waals surface area contributed by atoms with Crippen LogP contribution in [0.15, 0.2) is 30.3 Å². The Hall–Kier alpha value is -2.18. The number of carbonyl (C=O) groups excluding carboxylic acids is 1. The number of nitrogens with one attached hydrogen (secondary N) is 2. The minimum Gasteiger partial charge on any atom is -0.495 e. The average molecular weight is 373 g/mol. The Bertz CT molecular complexity index is 756. The Labute approximate surface area is 148 Å². The smallest absolute Gasteiger partial charge is 0.243 e. The lowest BCUT2D eigenvalue weighted by atomic mass is 10.2. The Kier molecular flexibility index (Phi) is 6.11. The summed E-state index contributed by atoms with van der Waals surface area (Å²) in [6.07, 6.45) is 0. The van der Waals surface area contributed by atoms with Gasteiger partial charge in [0.15, 0.2) is 0 Å². The topological polar surface area (TPSA) is 59.6 Å². The van der Waals surface area contributed by atoms with Crippen LogP contribution in [0.1, 0.15) is 0 Å². The number of benzene rings is 2. The van der Waals surface area contributed by atoms with Crippen molar-refractivity contribution in [1.82, 2.24) is 0 Å². The van der Waals surface area contributed by atoms with Gasteiger partial charge in [-0.1, -0.05) is 23.2 Å². The van der Waals surface area contributed by atoms with Gasteiger partial charge in [-0.05, 0) is 18.2 Å². The van der Waals surface area contributed by atoms with Crippen LogP contribution in [0.2, 0.25) is 10.0 Å². The molecule has 2 N–H and O–H groups in total. The molecule has 1 amide bonds. The molecule has 128 valence electrons. The van der Waals surface area contributed by atoms with E-state index in [1.807, 2.05) is 0 Å². The highest BCUT2D eigenvalue weighted by Gasteiger charge is 2.12. The van der Waals surface area contributed by atoms with Crippen molar-refractivity contribution in [3.63, 3.8) is 0 Å². The third kappa shape index (κ3) is 4.43. The lowest BCUT2D eigenvalue weighted by Gasteiger charge is -2.14. The molecular formula is C16H15Cl2FN2O3. The van der Waals surface area contributed by atoms with Gasteiger partial charge in [0.05, 0.1) is 37.2 Å². The molecule has 0 spiro atoms. The second-order valence-electron chi connectivity index (χ2n) is 4.71. The van der Waals surface area contributed by atoms with Crippen molar-refractivity contribution in [2.45, 2.75) is 0 Å². The fourth-order valence-electron chi connectivity index (χ4n) is 1.96. The second kappa shape index (κ2) is 8.08. The minimum absolute atomic E-state index is 0.0480. The number of hydrogen-bond donors (Lipinski definition) is 2. The van der Waals surface area contributed by atoms with Gasteiger partial charge in [0.2, 0.25) is 5.91 Å². The molecule has 2 rings (SSSR count). The molecule has 0 radical (unpaired) electrons. The maximum absolute atomic E-state index is 13.7. The van der Waals surface area contributed by atoms with Crippen molar-refractivity contribution < 1.29 is 18.7 Å². The molecule has 24 heavy (non-hydrogen) atoms. The summed E-state index contributed by atoms with van der Waals surface area (Å²) in [6, 6.07) is 7.18. The molecule has 0 aliphatic rings. The van der Waals surface area contributed by atoms with E-state index < -0.39 is 11.7 Å². The number of ether oxygens (including phenoxy) is 2. The summed E-state index contributed by atoms with van der Waals surface area (Å²) < 4.78 is 24.0. The van der Waals surface area contributed by atoms with E-state index in [-0.39, 0.29) is 17.3 Å². The van der Waals surface area contributed by atoms with Gasteiger partial charge in [-0.3, -0.25) is 4.79 Å². The van der Waals surface area contributed by atoms with Crippen LogP contribution in [0.5, 0.6) is 11.5 Å². The van der Waals surface area contributed by atoms with E-state index in [9.17, 15) is 9.18 Å². The molecule has 2 aromatic carbocycles. The van der Waals surface area contributed by atoms with Crippen molar-refractivity contribution in [3.05, 3.63) is 46.2 Å². The summed E-state index contributed by atoms with van der Waals surface area (Å²) in [5.41, 5.74) is 0.567. The number of methoxy groups -OCH3 is 2. The maximum atomic E-state index is 13.7. The van der Waals surface area contributed by atoms with Crippen molar-refractivity contribution in [2.24, 2.45) is 0 Å². The van der Waals surface area contributed by atoms with Crippen LogP contribution in [-0.4, -0.2) is 26.7 Å². The molecule has 0 fully saturated rings. The lowest BCUT2D eigenvalue weighted by Crippen LogP contribution is -2.22. The van der Waals surface area contributed by atoms with Gasteiger partial charge >= 0.3 is 0 Å². The van der Waals surface area contributed by atoms with E-state index in [0.29, 0.717) is 22.2 Å². The van der Waals surface area contributed by atoms with Gasteiger partial charge in [0, 0.05) is 17.2 Å². The predicted molar refractivity (Wildman–Crippen MR) is 93.1 cm³/mol. The molecule has 0 heterocycles. The highest BCUT2D eigenvalue weighted by Crippen LogP contribution is 2.35. The normalized spacial score (nSPS) is 10.2. The van der Waals surface area contributed by atoms with E-state index in [1.165, 1.54) is 26.4 Å². The first-order valence-electron chi connectivity index (χ1n) is 6.85. The molecule has 0 unspecified atom stereocenters. The summed E-state index contributed by atoms with van der Waals surface area (Å²) in [5.74, 6) is -0.163. The zero-order valence-electron chi connectivity index (χ0n) is 13.0. The Morgan fingerprint density at radius 1 is 1.08 bits per heavy atom. The predicted octanol–water partition coefficient (Wildman–Crippen LogP) is 4.20. The first kappa shape index (κ1) is 18.2. The van der Waals surface area contributed by atoms with Crippen molar-refractivity contribution >= 4 is 40.5 Å². The SMILES string of the molecule is COc1cc(NCC(=O)Nc2ccc(Cl)cc2F)c(OC)cc1Cl. The number of amides is 1. The van der Waals surface area contributed by atoms with Crippen LogP contribution in [0.25, 0.3) is 0 Å². The number of halogens is 3. The van der Waals surface area contributed by atoms with Crippen LogP contribution >= 0.6 is 23.2 Å².